The first-order chi connectivity index (χ1) is 7.88. The molecule has 0 saturated carbocycles. The van der Waals surface area contributed by atoms with Crippen molar-refractivity contribution in [2.45, 2.75) is 46.1 Å². The lowest BCUT2D eigenvalue weighted by Gasteiger charge is -2.35. The maximum absolute atomic E-state index is 11.1. The molecule has 0 aliphatic carbocycles. The summed E-state index contributed by atoms with van der Waals surface area (Å²) in [5.41, 5.74) is 5.65. The zero-order valence-corrected chi connectivity index (χ0v) is 11.5. The van der Waals surface area contributed by atoms with Gasteiger partial charge in [0.05, 0.1) is 6.54 Å². The Hall–Kier alpha value is -0.610. The van der Waals surface area contributed by atoms with Crippen LogP contribution in [0.4, 0.5) is 0 Å². The SMILES string of the molecule is CC(C)(C)CCN(CC(N)=O)C1CCNCC1. The third-order valence-electron chi connectivity index (χ3n) is 3.33. The van der Waals surface area contributed by atoms with Gasteiger partial charge in [0.2, 0.25) is 5.91 Å². The predicted octanol–water partition coefficient (Wildman–Crippen LogP) is 0.962. The summed E-state index contributed by atoms with van der Waals surface area (Å²) in [5, 5.41) is 3.35. The van der Waals surface area contributed by atoms with Crippen LogP contribution in [0.25, 0.3) is 0 Å². The summed E-state index contributed by atoms with van der Waals surface area (Å²) in [6.45, 7) is 10.2. The van der Waals surface area contributed by atoms with E-state index in [1.165, 1.54) is 0 Å². The van der Waals surface area contributed by atoms with E-state index in [-0.39, 0.29) is 5.91 Å². The Balaban J connectivity index is 2.49. The van der Waals surface area contributed by atoms with Crippen LogP contribution in [0.5, 0.6) is 0 Å². The fourth-order valence-electron chi connectivity index (χ4n) is 2.24. The molecule has 0 unspecified atom stereocenters. The molecule has 100 valence electrons. The van der Waals surface area contributed by atoms with Gasteiger partial charge in [-0.3, -0.25) is 9.69 Å². The van der Waals surface area contributed by atoms with Crippen LogP contribution in [0.15, 0.2) is 0 Å². The smallest absolute Gasteiger partial charge is 0.231 e. The lowest BCUT2D eigenvalue weighted by atomic mass is 9.91. The van der Waals surface area contributed by atoms with E-state index in [2.05, 4.69) is 31.0 Å². The zero-order chi connectivity index (χ0) is 12.9. The maximum atomic E-state index is 11.1. The molecule has 0 aromatic rings. The molecule has 1 rings (SSSR count). The average molecular weight is 241 g/mol. The predicted molar refractivity (Wildman–Crippen MR) is 70.7 cm³/mol. The van der Waals surface area contributed by atoms with Crippen LogP contribution in [0.2, 0.25) is 0 Å². The minimum absolute atomic E-state index is 0.211. The summed E-state index contributed by atoms with van der Waals surface area (Å²) < 4.78 is 0. The number of amides is 1. The van der Waals surface area contributed by atoms with Crippen molar-refractivity contribution in [3.63, 3.8) is 0 Å². The number of primary amides is 1. The number of nitrogens with zero attached hydrogens (tertiary/aromatic N) is 1. The Morgan fingerprint density at radius 1 is 1.35 bits per heavy atom. The van der Waals surface area contributed by atoms with Gasteiger partial charge in [-0.15, -0.1) is 0 Å². The summed E-state index contributed by atoms with van der Waals surface area (Å²) in [6, 6.07) is 0.520. The normalized spacial score (nSPS) is 18.6. The minimum atomic E-state index is -0.211. The Bertz CT molecular complexity index is 242. The van der Waals surface area contributed by atoms with Gasteiger partial charge in [-0.2, -0.15) is 0 Å². The van der Waals surface area contributed by atoms with Crippen LogP contribution in [-0.4, -0.2) is 43.0 Å². The van der Waals surface area contributed by atoms with E-state index in [0.29, 0.717) is 18.0 Å². The van der Waals surface area contributed by atoms with Crippen molar-refractivity contribution in [1.82, 2.24) is 10.2 Å². The molecule has 1 heterocycles. The molecule has 1 amide bonds. The highest BCUT2D eigenvalue weighted by Crippen LogP contribution is 2.21. The summed E-state index contributed by atoms with van der Waals surface area (Å²) in [7, 11) is 0. The van der Waals surface area contributed by atoms with Crippen molar-refractivity contribution in [3.8, 4) is 0 Å². The van der Waals surface area contributed by atoms with Gasteiger partial charge in [-0.25, -0.2) is 0 Å². The van der Waals surface area contributed by atoms with E-state index in [1.54, 1.807) is 0 Å². The second-order valence-corrected chi connectivity index (χ2v) is 6.23. The lowest BCUT2D eigenvalue weighted by Crippen LogP contribution is -2.47. The second-order valence-electron chi connectivity index (χ2n) is 6.23. The Kier molecular flexibility index (Phi) is 5.40. The fourth-order valence-corrected chi connectivity index (χ4v) is 2.24. The van der Waals surface area contributed by atoms with Gasteiger partial charge in [0.25, 0.3) is 0 Å². The zero-order valence-electron chi connectivity index (χ0n) is 11.5. The van der Waals surface area contributed by atoms with Crippen molar-refractivity contribution >= 4 is 5.91 Å². The Morgan fingerprint density at radius 2 is 1.94 bits per heavy atom. The first kappa shape index (κ1) is 14.5. The molecule has 0 aromatic heterocycles. The number of nitrogens with two attached hydrogens (primary N) is 1. The standard InChI is InChI=1S/C13H27N3O/c1-13(2,3)6-9-16(10-12(14)17)11-4-7-15-8-5-11/h11,15H,4-10H2,1-3H3,(H2,14,17). The van der Waals surface area contributed by atoms with Crippen LogP contribution in [0.1, 0.15) is 40.0 Å². The van der Waals surface area contributed by atoms with E-state index in [4.69, 9.17) is 5.73 Å². The molecule has 4 heteroatoms. The Morgan fingerprint density at radius 3 is 2.41 bits per heavy atom. The molecule has 3 N–H and O–H groups in total. The van der Waals surface area contributed by atoms with Gasteiger partial charge >= 0.3 is 0 Å². The quantitative estimate of drug-likeness (QED) is 0.754. The number of hydrogen-bond donors (Lipinski definition) is 2. The molecular formula is C13H27N3O. The summed E-state index contributed by atoms with van der Waals surface area (Å²) in [4.78, 5) is 13.4. The van der Waals surface area contributed by atoms with Gasteiger partial charge in [0.1, 0.15) is 0 Å². The van der Waals surface area contributed by atoms with Crippen molar-refractivity contribution < 1.29 is 4.79 Å². The molecule has 0 radical (unpaired) electrons. The molecule has 0 spiro atoms. The van der Waals surface area contributed by atoms with Gasteiger partial charge < -0.3 is 11.1 Å². The number of piperidine rings is 1. The van der Waals surface area contributed by atoms with Crippen molar-refractivity contribution in [2.24, 2.45) is 11.1 Å². The molecule has 1 aliphatic rings. The highest BCUT2D eigenvalue weighted by molar-refractivity contribution is 5.75. The first-order valence-corrected chi connectivity index (χ1v) is 6.61. The largest absolute Gasteiger partial charge is 0.369 e. The number of hydrogen-bond acceptors (Lipinski definition) is 3. The number of nitrogens with one attached hydrogen (secondary N) is 1. The minimum Gasteiger partial charge on any atom is -0.369 e. The van der Waals surface area contributed by atoms with Gasteiger partial charge in [-0.05, 0) is 44.3 Å². The highest BCUT2D eigenvalue weighted by Gasteiger charge is 2.23. The molecule has 0 aromatic carbocycles. The summed E-state index contributed by atoms with van der Waals surface area (Å²) in [5.74, 6) is -0.211. The number of carbonyl (C=O) groups excluding carboxylic acids is 1. The van der Waals surface area contributed by atoms with Gasteiger partial charge in [-0.1, -0.05) is 20.8 Å². The van der Waals surface area contributed by atoms with E-state index < -0.39 is 0 Å². The van der Waals surface area contributed by atoms with E-state index in [9.17, 15) is 4.79 Å². The van der Waals surface area contributed by atoms with E-state index in [1.807, 2.05) is 0 Å². The van der Waals surface area contributed by atoms with Gasteiger partial charge in [0.15, 0.2) is 0 Å². The Labute approximate surface area is 105 Å². The maximum Gasteiger partial charge on any atom is 0.231 e. The van der Waals surface area contributed by atoms with Crippen molar-refractivity contribution in [2.75, 3.05) is 26.2 Å². The topological polar surface area (TPSA) is 58.4 Å². The average Bonchev–Trinajstić information content (AvgIpc) is 2.24. The fraction of sp³-hybridized carbons (Fsp3) is 0.923. The molecular weight excluding hydrogens is 214 g/mol. The molecule has 1 saturated heterocycles. The number of rotatable bonds is 5. The number of carbonyl (C=O) groups is 1. The van der Waals surface area contributed by atoms with E-state index >= 15 is 0 Å². The second kappa shape index (κ2) is 6.36. The monoisotopic (exact) mass is 241 g/mol. The summed E-state index contributed by atoms with van der Waals surface area (Å²) in [6.07, 6.45) is 3.35. The third-order valence-corrected chi connectivity index (χ3v) is 3.33. The molecule has 1 fully saturated rings. The third kappa shape index (κ3) is 6.03. The van der Waals surface area contributed by atoms with Crippen molar-refractivity contribution in [3.05, 3.63) is 0 Å². The van der Waals surface area contributed by atoms with Crippen LogP contribution < -0.4 is 11.1 Å². The summed E-state index contributed by atoms with van der Waals surface area (Å²) >= 11 is 0. The van der Waals surface area contributed by atoms with Crippen LogP contribution >= 0.6 is 0 Å². The molecule has 0 atom stereocenters. The first-order valence-electron chi connectivity index (χ1n) is 6.61. The van der Waals surface area contributed by atoms with Crippen LogP contribution in [-0.2, 0) is 4.79 Å². The highest BCUT2D eigenvalue weighted by atomic mass is 16.1. The molecule has 1 aliphatic heterocycles. The molecule has 17 heavy (non-hydrogen) atoms. The molecule has 4 nitrogen and oxygen atoms in total. The van der Waals surface area contributed by atoms with E-state index in [0.717, 1.165) is 38.9 Å². The van der Waals surface area contributed by atoms with Crippen LogP contribution in [0, 0.1) is 5.41 Å². The van der Waals surface area contributed by atoms with Crippen LogP contribution in [0.3, 0.4) is 0 Å². The van der Waals surface area contributed by atoms with Crippen molar-refractivity contribution in [1.29, 1.82) is 0 Å². The van der Waals surface area contributed by atoms with Gasteiger partial charge in [0, 0.05) is 6.04 Å². The lowest BCUT2D eigenvalue weighted by molar-refractivity contribution is -0.120. The molecule has 0 bridgehead atoms.